The lowest BCUT2D eigenvalue weighted by Gasteiger charge is -2.29. The van der Waals surface area contributed by atoms with Crippen molar-refractivity contribution in [1.82, 2.24) is 4.90 Å². The van der Waals surface area contributed by atoms with Crippen LogP contribution in [0.1, 0.15) is 23.1 Å². The smallest absolute Gasteiger partial charge is 0.109 e. The number of aryl methyl sites for hydroxylation is 1. The molecule has 0 bridgehead atoms. The maximum absolute atomic E-state index is 10.8. The summed E-state index contributed by atoms with van der Waals surface area (Å²) in [6, 6.07) is 14.5. The second-order valence-electron chi connectivity index (χ2n) is 5.77. The molecule has 0 saturated heterocycles. The van der Waals surface area contributed by atoms with Crippen molar-refractivity contribution in [3.8, 4) is 0 Å². The molecule has 2 aromatic rings. The fourth-order valence-electron chi connectivity index (χ4n) is 3.08. The van der Waals surface area contributed by atoms with E-state index in [1.54, 1.807) is 0 Å². The highest BCUT2D eigenvalue weighted by atomic mass is 127. The van der Waals surface area contributed by atoms with Gasteiger partial charge in [0.25, 0.3) is 0 Å². The van der Waals surface area contributed by atoms with Crippen LogP contribution in [0, 0.1) is 8.48 Å². The van der Waals surface area contributed by atoms with E-state index in [-0.39, 0.29) is 0 Å². The van der Waals surface area contributed by atoms with E-state index in [4.69, 9.17) is 0 Å². The SMILES string of the molecule is O=Nc1cc(I)c2c(c1)CN(CCCc1ccccc1)CC2. The summed E-state index contributed by atoms with van der Waals surface area (Å²) in [7, 11) is 0. The van der Waals surface area contributed by atoms with E-state index in [9.17, 15) is 4.91 Å². The van der Waals surface area contributed by atoms with E-state index in [0.29, 0.717) is 5.69 Å². The number of rotatable bonds is 5. The van der Waals surface area contributed by atoms with Crippen molar-refractivity contribution < 1.29 is 0 Å². The van der Waals surface area contributed by atoms with Crippen molar-refractivity contribution in [3.05, 3.63) is 67.6 Å². The van der Waals surface area contributed by atoms with E-state index in [0.717, 1.165) is 32.5 Å². The lowest BCUT2D eigenvalue weighted by atomic mass is 9.98. The van der Waals surface area contributed by atoms with Crippen molar-refractivity contribution in [2.75, 3.05) is 13.1 Å². The minimum absolute atomic E-state index is 0.550. The zero-order chi connectivity index (χ0) is 15.4. The highest BCUT2D eigenvalue weighted by molar-refractivity contribution is 14.1. The molecule has 2 aromatic carbocycles. The van der Waals surface area contributed by atoms with Gasteiger partial charge in [0.05, 0.1) is 0 Å². The van der Waals surface area contributed by atoms with Gasteiger partial charge in [-0.15, -0.1) is 4.91 Å². The predicted octanol–water partition coefficient (Wildman–Crippen LogP) is 4.68. The van der Waals surface area contributed by atoms with Gasteiger partial charge in [0.1, 0.15) is 5.69 Å². The maximum Gasteiger partial charge on any atom is 0.109 e. The summed E-state index contributed by atoms with van der Waals surface area (Å²) < 4.78 is 1.17. The monoisotopic (exact) mass is 406 g/mol. The molecule has 0 aliphatic carbocycles. The molecule has 22 heavy (non-hydrogen) atoms. The number of hydrogen-bond donors (Lipinski definition) is 0. The van der Waals surface area contributed by atoms with Crippen LogP contribution < -0.4 is 0 Å². The Labute approximate surface area is 144 Å². The molecule has 0 aromatic heterocycles. The first kappa shape index (κ1) is 15.6. The molecule has 1 aliphatic rings. The van der Waals surface area contributed by atoms with E-state index in [2.05, 4.69) is 63.0 Å². The molecule has 1 aliphatic heterocycles. The van der Waals surface area contributed by atoms with Crippen LogP contribution >= 0.6 is 22.6 Å². The number of nitrogens with zero attached hydrogens (tertiary/aromatic N) is 2. The summed E-state index contributed by atoms with van der Waals surface area (Å²) in [6.07, 6.45) is 3.36. The third-order valence-electron chi connectivity index (χ3n) is 4.23. The fraction of sp³-hybridized carbons (Fsp3) is 0.333. The summed E-state index contributed by atoms with van der Waals surface area (Å²) in [4.78, 5) is 13.3. The summed E-state index contributed by atoms with van der Waals surface area (Å²) in [5, 5.41) is 3.09. The second-order valence-corrected chi connectivity index (χ2v) is 6.93. The summed E-state index contributed by atoms with van der Waals surface area (Å²) in [5.74, 6) is 0. The van der Waals surface area contributed by atoms with Gasteiger partial charge < -0.3 is 0 Å². The molecule has 0 radical (unpaired) electrons. The van der Waals surface area contributed by atoms with Crippen LogP contribution in [-0.4, -0.2) is 18.0 Å². The van der Waals surface area contributed by atoms with Crippen molar-refractivity contribution in [2.45, 2.75) is 25.8 Å². The lowest BCUT2D eigenvalue weighted by molar-refractivity contribution is 0.251. The van der Waals surface area contributed by atoms with Gasteiger partial charge >= 0.3 is 0 Å². The van der Waals surface area contributed by atoms with Crippen LogP contribution in [-0.2, 0) is 19.4 Å². The normalized spacial score (nSPS) is 14.6. The number of benzene rings is 2. The van der Waals surface area contributed by atoms with Gasteiger partial charge in [-0.1, -0.05) is 30.3 Å². The minimum Gasteiger partial charge on any atom is -0.299 e. The molecule has 114 valence electrons. The highest BCUT2D eigenvalue weighted by Gasteiger charge is 2.19. The topological polar surface area (TPSA) is 32.7 Å². The standard InChI is InChI=1S/C18H19IN2O/c19-18-12-16(20-22)11-15-13-21(10-8-17(15)18)9-4-7-14-5-2-1-3-6-14/h1-3,5-6,11-12H,4,7-10,13H2. The summed E-state index contributed by atoms with van der Waals surface area (Å²) in [6.45, 7) is 3.14. The Hall–Kier alpha value is -1.27. The van der Waals surface area contributed by atoms with E-state index < -0.39 is 0 Å². The Morgan fingerprint density at radius 2 is 2.00 bits per heavy atom. The lowest BCUT2D eigenvalue weighted by Crippen LogP contribution is -2.32. The van der Waals surface area contributed by atoms with E-state index >= 15 is 0 Å². The van der Waals surface area contributed by atoms with Crippen molar-refractivity contribution in [1.29, 1.82) is 0 Å². The molecule has 0 amide bonds. The number of hydrogen-bond acceptors (Lipinski definition) is 3. The molecule has 0 N–H and O–H groups in total. The van der Waals surface area contributed by atoms with Crippen molar-refractivity contribution in [3.63, 3.8) is 0 Å². The van der Waals surface area contributed by atoms with Crippen LogP contribution in [0.4, 0.5) is 5.69 Å². The van der Waals surface area contributed by atoms with Gasteiger partial charge in [-0.25, -0.2) is 0 Å². The molecule has 0 fully saturated rings. The maximum atomic E-state index is 10.8. The van der Waals surface area contributed by atoms with Gasteiger partial charge in [0.15, 0.2) is 0 Å². The van der Waals surface area contributed by atoms with E-state index in [1.807, 2.05) is 12.1 Å². The van der Waals surface area contributed by atoms with Crippen LogP contribution in [0.25, 0.3) is 0 Å². The zero-order valence-corrected chi connectivity index (χ0v) is 14.6. The molecule has 0 spiro atoms. The Morgan fingerprint density at radius 1 is 1.18 bits per heavy atom. The van der Waals surface area contributed by atoms with Crippen LogP contribution in [0.15, 0.2) is 47.6 Å². The minimum atomic E-state index is 0.550. The van der Waals surface area contributed by atoms with Crippen LogP contribution in [0.3, 0.4) is 0 Å². The third-order valence-corrected chi connectivity index (χ3v) is 5.20. The fourth-order valence-corrected chi connectivity index (χ4v) is 4.02. The Kier molecular flexibility index (Phi) is 5.20. The molecular weight excluding hydrogens is 387 g/mol. The van der Waals surface area contributed by atoms with Gasteiger partial charge in [-0.2, -0.15) is 0 Å². The molecule has 3 rings (SSSR count). The number of halogens is 1. The largest absolute Gasteiger partial charge is 0.299 e. The molecule has 1 heterocycles. The van der Waals surface area contributed by atoms with Gasteiger partial charge in [-0.3, -0.25) is 4.90 Å². The molecule has 0 atom stereocenters. The Morgan fingerprint density at radius 3 is 2.77 bits per heavy atom. The van der Waals surface area contributed by atoms with Gasteiger partial charge in [0, 0.05) is 16.7 Å². The van der Waals surface area contributed by atoms with E-state index in [1.165, 1.54) is 26.7 Å². The van der Waals surface area contributed by atoms with Crippen LogP contribution in [0.2, 0.25) is 0 Å². The summed E-state index contributed by atoms with van der Waals surface area (Å²) in [5.41, 5.74) is 4.62. The Balaban J connectivity index is 1.59. The second kappa shape index (κ2) is 7.33. The molecule has 3 nitrogen and oxygen atoms in total. The average molecular weight is 406 g/mol. The zero-order valence-electron chi connectivity index (χ0n) is 12.5. The first-order valence-electron chi connectivity index (χ1n) is 7.67. The first-order chi connectivity index (χ1) is 10.8. The molecule has 4 heteroatoms. The average Bonchev–Trinajstić information content (AvgIpc) is 2.55. The molecule has 0 unspecified atom stereocenters. The van der Waals surface area contributed by atoms with Gasteiger partial charge in [0.2, 0.25) is 0 Å². The number of nitroso groups, excluding NO2 is 1. The quantitative estimate of drug-likeness (QED) is 0.534. The summed E-state index contributed by atoms with van der Waals surface area (Å²) >= 11 is 2.32. The van der Waals surface area contributed by atoms with Gasteiger partial charge in [-0.05, 0) is 82.4 Å². The molecular formula is C18H19IN2O. The van der Waals surface area contributed by atoms with Crippen molar-refractivity contribution in [2.24, 2.45) is 5.18 Å². The third kappa shape index (κ3) is 3.73. The molecule has 0 saturated carbocycles. The van der Waals surface area contributed by atoms with Crippen LogP contribution in [0.5, 0.6) is 0 Å². The Bertz CT molecular complexity index is 658. The highest BCUT2D eigenvalue weighted by Crippen LogP contribution is 2.29. The first-order valence-corrected chi connectivity index (χ1v) is 8.75. The van der Waals surface area contributed by atoms with Crippen molar-refractivity contribution >= 4 is 28.3 Å². The predicted molar refractivity (Wildman–Crippen MR) is 98.4 cm³/mol. The number of fused-ring (bicyclic) bond motifs is 1.